The monoisotopic (exact) mass is 405 g/mol. The Morgan fingerprint density at radius 2 is 1.89 bits per heavy atom. The fourth-order valence-electron chi connectivity index (χ4n) is 3.05. The molecule has 1 atom stereocenters. The second-order valence-corrected chi connectivity index (χ2v) is 8.15. The van der Waals surface area contributed by atoms with Gasteiger partial charge in [-0.05, 0) is 36.6 Å². The number of amides is 1. The van der Waals surface area contributed by atoms with Crippen molar-refractivity contribution >= 4 is 40.6 Å². The van der Waals surface area contributed by atoms with E-state index >= 15 is 0 Å². The van der Waals surface area contributed by atoms with Crippen molar-refractivity contribution in [1.82, 2.24) is 4.90 Å². The van der Waals surface area contributed by atoms with Crippen molar-refractivity contribution in [3.8, 4) is 0 Å². The summed E-state index contributed by atoms with van der Waals surface area (Å²) in [7, 11) is 0. The number of carbonyl (C=O) groups is 3. The van der Waals surface area contributed by atoms with Crippen LogP contribution in [0.5, 0.6) is 0 Å². The molecule has 1 aromatic heterocycles. The average Bonchev–Trinajstić information content (AvgIpc) is 3.11. The Morgan fingerprint density at radius 1 is 1.15 bits per heavy atom. The number of rotatable bonds is 6. The zero-order valence-electron chi connectivity index (χ0n) is 14.9. The van der Waals surface area contributed by atoms with Crippen molar-refractivity contribution in [3.05, 3.63) is 56.7 Å². The molecule has 0 spiro atoms. The van der Waals surface area contributed by atoms with Gasteiger partial charge in [-0.3, -0.25) is 14.4 Å². The van der Waals surface area contributed by atoms with E-state index in [9.17, 15) is 14.4 Å². The van der Waals surface area contributed by atoms with Crippen LogP contribution in [0.2, 0.25) is 4.34 Å². The second kappa shape index (κ2) is 8.67. The molecular weight excluding hydrogens is 386 g/mol. The van der Waals surface area contributed by atoms with E-state index in [1.165, 1.54) is 16.9 Å². The van der Waals surface area contributed by atoms with Crippen LogP contribution in [-0.4, -0.2) is 35.2 Å². The van der Waals surface area contributed by atoms with Crippen molar-refractivity contribution in [2.45, 2.75) is 38.8 Å². The van der Waals surface area contributed by atoms with Crippen LogP contribution in [0.1, 0.15) is 40.6 Å². The van der Waals surface area contributed by atoms with E-state index in [0.29, 0.717) is 22.3 Å². The first-order valence-corrected chi connectivity index (χ1v) is 9.97. The Labute approximate surface area is 166 Å². The van der Waals surface area contributed by atoms with Gasteiger partial charge in [-0.2, -0.15) is 0 Å². The Kier molecular flexibility index (Phi) is 6.29. The van der Waals surface area contributed by atoms with Crippen molar-refractivity contribution < 1.29 is 19.1 Å². The van der Waals surface area contributed by atoms with E-state index in [0.717, 1.165) is 12.0 Å². The van der Waals surface area contributed by atoms with Gasteiger partial charge < -0.3 is 9.64 Å². The van der Waals surface area contributed by atoms with E-state index < -0.39 is 12.1 Å². The molecule has 7 heteroatoms. The van der Waals surface area contributed by atoms with E-state index in [4.69, 9.17) is 16.3 Å². The summed E-state index contributed by atoms with van der Waals surface area (Å²) in [6.07, 6.45) is -0.0998. The molecular formula is C20H20ClNO4S. The van der Waals surface area contributed by atoms with E-state index in [2.05, 4.69) is 6.07 Å². The normalized spacial score (nSPS) is 14.4. The zero-order valence-corrected chi connectivity index (χ0v) is 16.5. The minimum absolute atomic E-state index is 0.0354. The number of ketones is 1. The SMILES string of the molecule is C[C@H](OC(=O)CCC(=O)c1ccc(Cl)s1)C(=O)N1CCc2ccccc2C1. The summed E-state index contributed by atoms with van der Waals surface area (Å²) in [6.45, 7) is 2.70. The van der Waals surface area contributed by atoms with Crippen molar-refractivity contribution in [2.75, 3.05) is 6.54 Å². The highest BCUT2D eigenvalue weighted by Gasteiger charge is 2.27. The quantitative estimate of drug-likeness (QED) is 0.540. The van der Waals surface area contributed by atoms with Gasteiger partial charge in [0.15, 0.2) is 11.9 Å². The van der Waals surface area contributed by atoms with Crippen LogP contribution in [0.4, 0.5) is 0 Å². The molecule has 1 amide bonds. The summed E-state index contributed by atoms with van der Waals surface area (Å²) in [6, 6.07) is 11.3. The lowest BCUT2D eigenvalue weighted by molar-refractivity contribution is -0.159. The molecule has 2 heterocycles. The predicted molar refractivity (Wildman–Crippen MR) is 104 cm³/mol. The molecule has 0 aliphatic carbocycles. The molecule has 0 saturated heterocycles. The number of esters is 1. The molecule has 0 N–H and O–H groups in total. The minimum atomic E-state index is -0.867. The number of thiophene rings is 1. The van der Waals surface area contributed by atoms with E-state index in [1.807, 2.05) is 18.2 Å². The number of fused-ring (bicyclic) bond motifs is 1. The molecule has 0 radical (unpaired) electrons. The van der Waals surface area contributed by atoms with Gasteiger partial charge in [0.1, 0.15) is 0 Å². The summed E-state index contributed by atoms with van der Waals surface area (Å²) >= 11 is 6.99. The van der Waals surface area contributed by atoms with Gasteiger partial charge in [-0.25, -0.2) is 0 Å². The van der Waals surface area contributed by atoms with Crippen LogP contribution in [-0.2, 0) is 27.3 Å². The molecule has 1 aromatic carbocycles. The number of hydrogen-bond donors (Lipinski definition) is 0. The first kappa shape index (κ1) is 19.6. The van der Waals surface area contributed by atoms with Gasteiger partial charge in [0.2, 0.25) is 0 Å². The number of ether oxygens (including phenoxy) is 1. The Hall–Kier alpha value is -2.18. The van der Waals surface area contributed by atoms with Crippen molar-refractivity contribution in [3.63, 3.8) is 0 Å². The summed E-state index contributed by atoms with van der Waals surface area (Å²) in [5, 5.41) is 0. The van der Waals surface area contributed by atoms with Gasteiger partial charge in [-0.15, -0.1) is 11.3 Å². The van der Waals surface area contributed by atoms with Gasteiger partial charge >= 0.3 is 5.97 Å². The van der Waals surface area contributed by atoms with E-state index in [-0.39, 0.29) is 24.5 Å². The Balaban J connectivity index is 1.48. The van der Waals surface area contributed by atoms with Crippen molar-refractivity contribution in [2.24, 2.45) is 0 Å². The number of halogens is 1. The first-order chi connectivity index (χ1) is 12.9. The lowest BCUT2D eigenvalue weighted by Gasteiger charge is -2.30. The summed E-state index contributed by atoms with van der Waals surface area (Å²) < 4.78 is 5.77. The number of nitrogens with zero attached hydrogens (tertiary/aromatic N) is 1. The average molecular weight is 406 g/mol. The zero-order chi connectivity index (χ0) is 19.4. The molecule has 2 aromatic rings. The van der Waals surface area contributed by atoms with Crippen LogP contribution in [0.3, 0.4) is 0 Å². The second-order valence-electron chi connectivity index (χ2n) is 6.44. The molecule has 142 valence electrons. The molecule has 0 bridgehead atoms. The van der Waals surface area contributed by atoms with Gasteiger partial charge in [-0.1, -0.05) is 35.9 Å². The fraction of sp³-hybridized carbons (Fsp3) is 0.350. The summed E-state index contributed by atoms with van der Waals surface area (Å²) in [4.78, 5) is 38.8. The smallest absolute Gasteiger partial charge is 0.307 e. The maximum absolute atomic E-state index is 12.6. The topological polar surface area (TPSA) is 63.7 Å². The molecule has 1 aliphatic rings. The molecule has 5 nitrogen and oxygen atoms in total. The summed E-state index contributed by atoms with van der Waals surface area (Å²) in [5.41, 5.74) is 2.37. The van der Waals surface area contributed by atoms with Crippen LogP contribution in [0, 0.1) is 0 Å². The van der Waals surface area contributed by atoms with Gasteiger partial charge in [0.25, 0.3) is 5.91 Å². The molecule has 0 fully saturated rings. The third-order valence-electron chi connectivity index (χ3n) is 4.50. The number of carbonyl (C=O) groups excluding carboxylic acids is 3. The predicted octanol–water partition coefficient (Wildman–Crippen LogP) is 3.88. The van der Waals surface area contributed by atoms with Crippen LogP contribution >= 0.6 is 22.9 Å². The fourth-order valence-corrected chi connectivity index (χ4v) is 4.06. The lowest BCUT2D eigenvalue weighted by Crippen LogP contribution is -2.42. The maximum atomic E-state index is 12.6. The number of benzene rings is 1. The maximum Gasteiger partial charge on any atom is 0.307 e. The molecule has 0 unspecified atom stereocenters. The lowest BCUT2D eigenvalue weighted by atomic mass is 9.99. The third-order valence-corrected chi connectivity index (χ3v) is 5.77. The Morgan fingerprint density at radius 3 is 2.59 bits per heavy atom. The minimum Gasteiger partial charge on any atom is -0.453 e. The number of hydrogen-bond acceptors (Lipinski definition) is 5. The molecule has 27 heavy (non-hydrogen) atoms. The molecule has 0 saturated carbocycles. The highest BCUT2D eigenvalue weighted by molar-refractivity contribution is 7.18. The number of Topliss-reactive ketones (excluding diaryl/α,β-unsaturated/α-hetero) is 1. The standard InChI is InChI=1S/C20H20ClNO4S/c1-13(20(25)22-11-10-14-4-2-3-5-15(14)12-22)26-19(24)9-6-16(23)17-7-8-18(21)27-17/h2-5,7-8,13H,6,9-12H2,1H3/t13-/m0/s1. The Bertz CT molecular complexity index is 863. The van der Waals surface area contributed by atoms with Crippen LogP contribution in [0.15, 0.2) is 36.4 Å². The third kappa shape index (κ3) is 4.96. The van der Waals surface area contributed by atoms with Crippen molar-refractivity contribution in [1.29, 1.82) is 0 Å². The van der Waals surface area contributed by atoms with Gasteiger partial charge in [0, 0.05) is 19.5 Å². The highest BCUT2D eigenvalue weighted by atomic mass is 35.5. The molecule has 1 aliphatic heterocycles. The van der Waals surface area contributed by atoms with Crippen LogP contribution < -0.4 is 0 Å². The first-order valence-electron chi connectivity index (χ1n) is 8.77. The highest BCUT2D eigenvalue weighted by Crippen LogP contribution is 2.23. The molecule has 3 rings (SSSR count). The van der Waals surface area contributed by atoms with Crippen LogP contribution in [0.25, 0.3) is 0 Å². The van der Waals surface area contributed by atoms with E-state index in [1.54, 1.807) is 24.0 Å². The van der Waals surface area contributed by atoms with Gasteiger partial charge in [0.05, 0.1) is 15.6 Å². The largest absolute Gasteiger partial charge is 0.453 e. The summed E-state index contributed by atoms with van der Waals surface area (Å²) in [5.74, 6) is -0.922.